The van der Waals surface area contributed by atoms with Gasteiger partial charge in [-0.05, 0) is 19.9 Å². The van der Waals surface area contributed by atoms with Gasteiger partial charge >= 0.3 is 6.18 Å². The van der Waals surface area contributed by atoms with Crippen LogP contribution in [0.3, 0.4) is 0 Å². The smallest absolute Gasteiger partial charge is 0.367 e. The minimum atomic E-state index is -4.21. The fraction of sp³-hybridized carbons (Fsp3) is 1.00. The zero-order chi connectivity index (χ0) is 10.6. The zero-order valence-electron chi connectivity index (χ0n) is 8.23. The molecule has 0 heterocycles. The molecule has 0 spiro atoms. The van der Waals surface area contributed by atoms with Gasteiger partial charge in [-0.15, -0.1) is 0 Å². The van der Waals surface area contributed by atoms with Crippen molar-refractivity contribution in [3.63, 3.8) is 0 Å². The molecular formula is C9H16F3NO. The van der Waals surface area contributed by atoms with Crippen LogP contribution in [0.4, 0.5) is 13.2 Å². The van der Waals surface area contributed by atoms with Gasteiger partial charge < -0.3 is 10.1 Å². The van der Waals surface area contributed by atoms with Crippen molar-refractivity contribution in [2.24, 2.45) is 0 Å². The molecule has 1 rings (SSSR count). The zero-order valence-corrected chi connectivity index (χ0v) is 8.23. The van der Waals surface area contributed by atoms with E-state index in [2.05, 4.69) is 5.32 Å². The van der Waals surface area contributed by atoms with Crippen LogP contribution in [0, 0.1) is 0 Å². The summed E-state index contributed by atoms with van der Waals surface area (Å²) < 4.78 is 40.6. The molecule has 84 valence electrons. The fourth-order valence-electron chi connectivity index (χ4n) is 1.83. The summed E-state index contributed by atoms with van der Waals surface area (Å²) in [6.07, 6.45) is -0.843. The molecule has 0 aromatic rings. The molecule has 0 aromatic heterocycles. The lowest BCUT2D eigenvalue weighted by Gasteiger charge is -2.31. The Labute approximate surface area is 81.8 Å². The van der Waals surface area contributed by atoms with Crippen LogP contribution in [0.2, 0.25) is 0 Å². The first kappa shape index (κ1) is 11.8. The summed E-state index contributed by atoms with van der Waals surface area (Å²) in [4.78, 5) is 0. The Morgan fingerprint density at radius 1 is 1.29 bits per heavy atom. The first-order valence-electron chi connectivity index (χ1n) is 4.88. The summed E-state index contributed by atoms with van der Waals surface area (Å²) in [5.41, 5.74) is 0. The van der Waals surface area contributed by atoms with Crippen molar-refractivity contribution in [3.8, 4) is 0 Å². The molecule has 14 heavy (non-hydrogen) atoms. The summed E-state index contributed by atoms with van der Waals surface area (Å²) in [5, 5.41) is 3.00. The molecule has 1 saturated carbocycles. The highest BCUT2D eigenvalue weighted by Gasteiger charge is 2.32. The Kier molecular flexibility index (Phi) is 4.19. The van der Waals surface area contributed by atoms with Gasteiger partial charge in [-0.25, -0.2) is 0 Å². The third-order valence-electron chi connectivity index (χ3n) is 2.53. The summed E-state index contributed by atoms with van der Waals surface area (Å²) in [5.74, 6) is 0. The predicted octanol–water partition coefficient (Wildman–Crippen LogP) is 2.10. The average molecular weight is 211 g/mol. The van der Waals surface area contributed by atoms with Gasteiger partial charge in [0.15, 0.2) is 0 Å². The third-order valence-corrected chi connectivity index (χ3v) is 2.53. The lowest BCUT2D eigenvalue weighted by molar-refractivity contribution is -0.190. The molecule has 2 atom stereocenters. The Hall–Kier alpha value is -0.290. The summed E-state index contributed by atoms with van der Waals surface area (Å²) in [6.45, 7) is -1.13. The lowest BCUT2D eigenvalue weighted by atomic mass is 9.92. The van der Waals surface area contributed by atoms with Gasteiger partial charge in [-0.2, -0.15) is 13.2 Å². The topological polar surface area (TPSA) is 21.3 Å². The van der Waals surface area contributed by atoms with E-state index < -0.39 is 12.8 Å². The van der Waals surface area contributed by atoms with Gasteiger partial charge in [0, 0.05) is 6.04 Å². The Balaban J connectivity index is 2.33. The number of hydrogen-bond acceptors (Lipinski definition) is 2. The molecule has 2 unspecified atom stereocenters. The van der Waals surface area contributed by atoms with Gasteiger partial charge in [0.05, 0.1) is 6.10 Å². The number of alkyl halides is 3. The molecular weight excluding hydrogens is 195 g/mol. The third kappa shape index (κ3) is 3.84. The molecule has 0 amide bonds. The van der Waals surface area contributed by atoms with Gasteiger partial charge in [0.2, 0.25) is 0 Å². The molecule has 0 aliphatic heterocycles. The highest BCUT2D eigenvalue weighted by Crippen LogP contribution is 2.23. The number of hydrogen-bond donors (Lipinski definition) is 1. The fourth-order valence-corrected chi connectivity index (χ4v) is 1.83. The largest absolute Gasteiger partial charge is 0.411 e. The van der Waals surface area contributed by atoms with Crippen molar-refractivity contribution in [2.75, 3.05) is 13.7 Å². The molecule has 0 saturated heterocycles. The van der Waals surface area contributed by atoms with E-state index in [0.29, 0.717) is 0 Å². The lowest BCUT2D eigenvalue weighted by Crippen LogP contribution is -2.43. The van der Waals surface area contributed by atoms with E-state index in [0.717, 1.165) is 25.7 Å². The minimum Gasteiger partial charge on any atom is -0.367 e. The Morgan fingerprint density at radius 2 is 1.93 bits per heavy atom. The van der Waals surface area contributed by atoms with E-state index in [4.69, 9.17) is 4.74 Å². The maximum absolute atomic E-state index is 11.9. The number of nitrogens with one attached hydrogen (secondary N) is 1. The first-order valence-corrected chi connectivity index (χ1v) is 4.88. The van der Waals surface area contributed by atoms with Crippen LogP contribution in [0.25, 0.3) is 0 Å². The maximum Gasteiger partial charge on any atom is 0.411 e. The monoisotopic (exact) mass is 211 g/mol. The molecule has 1 fully saturated rings. The van der Waals surface area contributed by atoms with Crippen LogP contribution in [-0.4, -0.2) is 32.0 Å². The van der Waals surface area contributed by atoms with Crippen molar-refractivity contribution in [1.82, 2.24) is 5.32 Å². The van der Waals surface area contributed by atoms with Gasteiger partial charge in [0.25, 0.3) is 0 Å². The molecule has 5 heteroatoms. The second-order valence-corrected chi connectivity index (χ2v) is 3.64. The van der Waals surface area contributed by atoms with E-state index in [9.17, 15) is 13.2 Å². The van der Waals surface area contributed by atoms with Crippen molar-refractivity contribution in [3.05, 3.63) is 0 Å². The van der Waals surface area contributed by atoms with Crippen LogP contribution in [0.5, 0.6) is 0 Å². The van der Waals surface area contributed by atoms with Crippen LogP contribution >= 0.6 is 0 Å². The van der Waals surface area contributed by atoms with Crippen molar-refractivity contribution in [1.29, 1.82) is 0 Å². The van der Waals surface area contributed by atoms with Gasteiger partial charge in [-0.1, -0.05) is 12.8 Å². The van der Waals surface area contributed by atoms with Crippen molar-refractivity contribution < 1.29 is 17.9 Å². The van der Waals surface area contributed by atoms with E-state index in [1.54, 1.807) is 7.05 Å². The minimum absolute atomic E-state index is 0.0751. The maximum atomic E-state index is 11.9. The second-order valence-electron chi connectivity index (χ2n) is 3.64. The van der Waals surface area contributed by atoms with Crippen molar-refractivity contribution in [2.45, 2.75) is 44.0 Å². The van der Waals surface area contributed by atoms with Gasteiger partial charge in [-0.3, -0.25) is 0 Å². The number of likely N-dealkylation sites (N-methyl/N-ethyl adjacent to an activating group) is 1. The van der Waals surface area contributed by atoms with Crippen LogP contribution in [0.15, 0.2) is 0 Å². The molecule has 0 bridgehead atoms. The van der Waals surface area contributed by atoms with Crippen molar-refractivity contribution >= 4 is 0 Å². The molecule has 1 aliphatic rings. The standard InChI is InChI=1S/C9H16F3NO/c1-13-7-4-2-3-5-8(7)14-6-9(10,11)12/h7-8,13H,2-6H2,1H3. The molecule has 1 N–H and O–H groups in total. The highest BCUT2D eigenvalue weighted by atomic mass is 19.4. The quantitative estimate of drug-likeness (QED) is 0.771. The molecule has 1 aliphatic carbocycles. The van der Waals surface area contributed by atoms with Crippen LogP contribution in [0.1, 0.15) is 25.7 Å². The van der Waals surface area contributed by atoms with Gasteiger partial charge in [0.1, 0.15) is 6.61 Å². The predicted molar refractivity (Wildman–Crippen MR) is 47.1 cm³/mol. The second kappa shape index (κ2) is 4.98. The van der Waals surface area contributed by atoms with E-state index in [-0.39, 0.29) is 12.1 Å². The molecule has 0 aromatic carbocycles. The normalized spacial score (nSPS) is 29.1. The number of ether oxygens (including phenoxy) is 1. The SMILES string of the molecule is CNC1CCCCC1OCC(F)(F)F. The average Bonchev–Trinajstić information content (AvgIpc) is 2.14. The summed E-state index contributed by atoms with van der Waals surface area (Å²) in [7, 11) is 1.76. The Bertz CT molecular complexity index is 172. The first-order chi connectivity index (χ1) is 6.53. The molecule has 2 nitrogen and oxygen atoms in total. The Morgan fingerprint density at radius 3 is 2.50 bits per heavy atom. The van der Waals surface area contributed by atoms with E-state index >= 15 is 0 Å². The van der Waals surface area contributed by atoms with E-state index in [1.807, 2.05) is 0 Å². The summed E-state index contributed by atoms with van der Waals surface area (Å²) in [6, 6.07) is 0.0751. The van der Waals surface area contributed by atoms with E-state index in [1.165, 1.54) is 0 Å². The van der Waals surface area contributed by atoms with Crippen LogP contribution < -0.4 is 5.32 Å². The van der Waals surface area contributed by atoms with Crippen LogP contribution in [-0.2, 0) is 4.74 Å². The number of rotatable bonds is 3. The molecule has 0 radical (unpaired) electrons. The number of halogens is 3. The highest BCUT2D eigenvalue weighted by molar-refractivity contribution is 4.80. The summed E-state index contributed by atoms with van der Waals surface area (Å²) >= 11 is 0.